The second kappa shape index (κ2) is 6.70. The summed E-state index contributed by atoms with van der Waals surface area (Å²) in [5.74, 6) is -0.00234. The Labute approximate surface area is 140 Å². The van der Waals surface area contributed by atoms with E-state index >= 15 is 0 Å². The van der Waals surface area contributed by atoms with Crippen LogP contribution in [0.5, 0.6) is 5.75 Å². The van der Waals surface area contributed by atoms with Gasteiger partial charge in [-0.1, -0.05) is 6.07 Å². The van der Waals surface area contributed by atoms with Gasteiger partial charge in [0.05, 0.1) is 18.7 Å². The maximum atomic E-state index is 12.4. The van der Waals surface area contributed by atoms with Crippen LogP contribution in [0.1, 0.15) is 12.0 Å². The van der Waals surface area contributed by atoms with Crippen molar-refractivity contribution in [2.45, 2.75) is 13.3 Å². The molecule has 1 aromatic heterocycles. The summed E-state index contributed by atoms with van der Waals surface area (Å²) < 4.78 is 5.35. The van der Waals surface area contributed by atoms with Gasteiger partial charge in [-0.25, -0.2) is 0 Å². The van der Waals surface area contributed by atoms with Crippen LogP contribution in [0.3, 0.4) is 0 Å². The van der Waals surface area contributed by atoms with Crippen LogP contribution in [0.2, 0.25) is 0 Å². The van der Waals surface area contributed by atoms with Crippen LogP contribution in [0.25, 0.3) is 0 Å². The molecule has 124 valence electrons. The molecule has 1 saturated heterocycles. The number of carbonyl (C=O) groups excluding carboxylic acids is 2. The van der Waals surface area contributed by atoms with Crippen LogP contribution in [-0.4, -0.2) is 30.5 Å². The van der Waals surface area contributed by atoms with Crippen molar-refractivity contribution < 1.29 is 14.3 Å². The van der Waals surface area contributed by atoms with Crippen LogP contribution in [0, 0.1) is 12.8 Å². The lowest BCUT2D eigenvalue weighted by molar-refractivity contribution is -0.122. The number of hydrogen-bond acceptors (Lipinski definition) is 4. The van der Waals surface area contributed by atoms with E-state index < -0.39 is 5.92 Å². The molecule has 1 N–H and O–H groups in total. The van der Waals surface area contributed by atoms with Crippen molar-refractivity contribution in [3.05, 3.63) is 48.3 Å². The molecule has 2 heterocycles. The predicted molar refractivity (Wildman–Crippen MR) is 91.1 cm³/mol. The third-order valence-corrected chi connectivity index (χ3v) is 4.07. The number of methoxy groups -OCH3 is 1. The van der Waals surface area contributed by atoms with Gasteiger partial charge in [0.2, 0.25) is 11.8 Å². The lowest BCUT2D eigenvalue weighted by Crippen LogP contribution is -2.28. The maximum Gasteiger partial charge on any atom is 0.229 e. The fourth-order valence-corrected chi connectivity index (χ4v) is 2.81. The van der Waals surface area contributed by atoms with Gasteiger partial charge in [-0.2, -0.15) is 0 Å². The molecule has 6 heteroatoms. The largest absolute Gasteiger partial charge is 0.495 e. The minimum Gasteiger partial charge on any atom is -0.495 e. The molecule has 24 heavy (non-hydrogen) atoms. The number of pyridine rings is 1. The fraction of sp³-hybridized carbons (Fsp3) is 0.278. The summed E-state index contributed by atoms with van der Waals surface area (Å²) in [6.45, 7) is 2.30. The average molecular weight is 325 g/mol. The summed E-state index contributed by atoms with van der Waals surface area (Å²) in [4.78, 5) is 30.4. The molecule has 0 unspecified atom stereocenters. The third-order valence-electron chi connectivity index (χ3n) is 4.07. The quantitative estimate of drug-likeness (QED) is 0.937. The van der Waals surface area contributed by atoms with Crippen molar-refractivity contribution in [1.82, 2.24) is 4.98 Å². The number of amides is 2. The highest BCUT2D eigenvalue weighted by molar-refractivity contribution is 6.04. The Morgan fingerprint density at radius 3 is 2.75 bits per heavy atom. The van der Waals surface area contributed by atoms with E-state index in [1.165, 1.54) is 0 Å². The van der Waals surface area contributed by atoms with Crippen molar-refractivity contribution in [1.29, 1.82) is 0 Å². The highest BCUT2D eigenvalue weighted by atomic mass is 16.5. The highest BCUT2D eigenvalue weighted by Gasteiger charge is 2.36. The topological polar surface area (TPSA) is 71.5 Å². The van der Waals surface area contributed by atoms with Gasteiger partial charge in [-0.3, -0.25) is 14.6 Å². The molecule has 1 aliphatic heterocycles. The Bertz CT molecular complexity index is 761. The van der Waals surface area contributed by atoms with E-state index in [-0.39, 0.29) is 18.2 Å². The Morgan fingerprint density at radius 1 is 1.29 bits per heavy atom. The first-order chi connectivity index (χ1) is 11.6. The van der Waals surface area contributed by atoms with Crippen LogP contribution in [-0.2, 0) is 9.59 Å². The van der Waals surface area contributed by atoms with Crippen molar-refractivity contribution in [2.75, 3.05) is 23.9 Å². The van der Waals surface area contributed by atoms with Crippen LogP contribution < -0.4 is 15.0 Å². The standard InChI is InChI=1S/C18H19N3O3/c1-12-3-4-16(24-2)15(9-12)21-11-13(10-17(21)22)18(23)20-14-5-7-19-8-6-14/h3-9,13H,10-11H2,1-2H3,(H,19,20,23)/t13-/m1/s1. The minimum absolute atomic E-state index is 0.0752. The molecule has 2 amide bonds. The number of nitrogens with zero attached hydrogens (tertiary/aromatic N) is 2. The number of hydrogen-bond donors (Lipinski definition) is 1. The molecule has 0 aliphatic carbocycles. The summed E-state index contributed by atoms with van der Waals surface area (Å²) in [7, 11) is 1.57. The molecule has 2 aromatic rings. The van der Waals surface area contributed by atoms with Gasteiger partial charge < -0.3 is 15.0 Å². The third kappa shape index (κ3) is 3.22. The molecule has 1 aliphatic rings. The van der Waals surface area contributed by atoms with Crippen LogP contribution >= 0.6 is 0 Å². The molecule has 0 bridgehead atoms. The van der Waals surface area contributed by atoms with Crippen molar-refractivity contribution in [3.63, 3.8) is 0 Å². The van der Waals surface area contributed by atoms with Crippen molar-refractivity contribution in [2.24, 2.45) is 5.92 Å². The second-order valence-corrected chi connectivity index (χ2v) is 5.81. The first kappa shape index (κ1) is 16.0. The van der Waals surface area contributed by atoms with E-state index in [9.17, 15) is 9.59 Å². The van der Waals surface area contributed by atoms with E-state index in [0.717, 1.165) is 5.56 Å². The van der Waals surface area contributed by atoms with E-state index in [1.54, 1.807) is 36.5 Å². The zero-order chi connectivity index (χ0) is 17.1. The van der Waals surface area contributed by atoms with Gasteiger partial charge in [0.1, 0.15) is 5.75 Å². The minimum atomic E-state index is -0.393. The Morgan fingerprint density at radius 2 is 2.04 bits per heavy atom. The molecule has 1 atom stereocenters. The van der Waals surface area contributed by atoms with E-state index in [1.807, 2.05) is 25.1 Å². The van der Waals surface area contributed by atoms with Gasteiger partial charge in [0.25, 0.3) is 0 Å². The summed E-state index contributed by atoms with van der Waals surface area (Å²) in [5, 5.41) is 2.83. The lowest BCUT2D eigenvalue weighted by Gasteiger charge is -2.20. The van der Waals surface area contributed by atoms with Gasteiger partial charge in [0, 0.05) is 31.0 Å². The Balaban J connectivity index is 1.76. The number of benzene rings is 1. The van der Waals surface area contributed by atoms with Crippen molar-refractivity contribution in [3.8, 4) is 5.75 Å². The molecule has 1 fully saturated rings. The maximum absolute atomic E-state index is 12.4. The summed E-state index contributed by atoms with van der Waals surface area (Å²) in [6, 6.07) is 9.10. The number of anilines is 2. The molecule has 0 radical (unpaired) electrons. The molecule has 3 rings (SSSR count). The van der Waals surface area contributed by atoms with Crippen LogP contribution in [0.15, 0.2) is 42.7 Å². The Hall–Kier alpha value is -2.89. The molecule has 0 saturated carbocycles. The zero-order valence-electron chi connectivity index (χ0n) is 13.7. The SMILES string of the molecule is COc1ccc(C)cc1N1C[C@H](C(=O)Nc2ccncc2)CC1=O. The molecule has 0 spiro atoms. The molecular weight excluding hydrogens is 306 g/mol. The lowest BCUT2D eigenvalue weighted by atomic mass is 10.1. The van der Waals surface area contributed by atoms with Gasteiger partial charge >= 0.3 is 0 Å². The van der Waals surface area contributed by atoms with Gasteiger partial charge in [0.15, 0.2) is 0 Å². The average Bonchev–Trinajstić information content (AvgIpc) is 2.97. The zero-order valence-corrected chi connectivity index (χ0v) is 13.7. The van der Waals surface area contributed by atoms with E-state index in [0.29, 0.717) is 23.7 Å². The number of carbonyl (C=O) groups is 2. The van der Waals surface area contributed by atoms with E-state index in [4.69, 9.17) is 4.74 Å². The van der Waals surface area contributed by atoms with Gasteiger partial charge in [-0.15, -0.1) is 0 Å². The number of aryl methyl sites for hydroxylation is 1. The second-order valence-electron chi connectivity index (χ2n) is 5.81. The van der Waals surface area contributed by atoms with E-state index in [2.05, 4.69) is 10.3 Å². The number of aromatic nitrogens is 1. The van der Waals surface area contributed by atoms with Gasteiger partial charge in [-0.05, 0) is 36.8 Å². The first-order valence-corrected chi connectivity index (χ1v) is 7.74. The van der Waals surface area contributed by atoms with Crippen LogP contribution in [0.4, 0.5) is 11.4 Å². The first-order valence-electron chi connectivity index (χ1n) is 7.74. The molecule has 1 aromatic carbocycles. The Kier molecular flexibility index (Phi) is 4.46. The fourth-order valence-electron chi connectivity index (χ4n) is 2.81. The summed E-state index contributed by atoms with van der Waals surface area (Å²) in [6.07, 6.45) is 3.41. The number of nitrogens with one attached hydrogen (secondary N) is 1. The number of ether oxygens (including phenoxy) is 1. The van der Waals surface area contributed by atoms with Crippen molar-refractivity contribution >= 4 is 23.2 Å². The number of rotatable bonds is 4. The summed E-state index contributed by atoms with van der Waals surface area (Å²) in [5.41, 5.74) is 2.42. The smallest absolute Gasteiger partial charge is 0.229 e. The predicted octanol–water partition coefficient (Wildman–Crippen LogP) is 2.39. The normalized spacial score (nSPS) is 17.0. The summed E-state index contributed by atoms with van der Waals surface area (Å²) >= 11 is 0. The molecular formula is C18H19N3O3. The molecule has 6 nitrogen and oxygen atoms in total. The highest BCUT2D eigenvalue weighted by Crippen LogP contribution is 2.34. The monoisotopic (exact) mass is 325 g/mol.